The van der Waals surface area contributed by atoms with Crippen LogP contribution in [0, 0.1) is 0 Å². The van der Waals surface area contributed by atoms with E-state index < -0.39 is 34.6 Å². The Morgan fingerprint density at radius 2 is 2.06 bits per heavy atom. The molecule has 13 nitrogen and oxygen atoms in total. The van der Waals surface area contributed by atoms with E-state index >= 15 is 0 Å². The van der Waals surface area contributed by atoms with Crippen LogP contribution in [-0.4, -0.2) is 62.8 Å². The molecule has 4 rings (SSSR count). The molecule has 14 heteroatoms. The first-order chi connectivity index (χ1) is 14.7. The van der Waals surface area contributed by atoms with Crippen molar-refractivity contribution in [1.29, 1.82) is 0 Å². The molecule has 1 saturated heterocycles. The van der Waals surface area contributed by atoms with E-state index in [4.69, 9.17) is 10.5 Å². The number of anilines is 1. The quantitative estimate of drug-likeness (QED) is 0.312. The standard InChI is InChI=1S/C17H19N7O6S/c18-15-14-16(20-7-19-15)24(8-21-14)13-5-11(26)12(30-13)6-22-31(28,29)23-17(27)9-3-1-2-4-10(9)25/h1-4,7-8,11-13,22,25-26H,5-6H2,(H,23,27)(H2,18,19,20)/t11-,12+,13+/m0/s1. The second-order valence-electron chi connectivity index (χ2n) is 6.82. The van der Waals surface area contributed by atoms with E-state index in [1.165, 1.54) is 36.9 Å². The van der Waals surface area contributed by atoms with E-state index in [2.05, 4.69) is 19.7 Å². The summed E-state index contributed by atoms with van der Waals surface area (Å²) in [5.41, 5.74) is 6.37. The maximum absolute atomic E-state index is 12.2. The first-order valence-electron chi connectivity index (χ1n) is 9.11. The van der Waals surface area contributed by atoms with Crippen molar-refractivity contribution in [3.8, 4) is 5.75 Å². The number of aliphatic hydroxyl groups excluding tert-OH is 1. The maximum atomic E-state index is 12.2. The van der Waals surface area contributed by atoms with Gasteiger partial charge in [0.15, 0.2) is 11.5 Å². The highest BCUT2D eigenvalue weighted by atomic mass is 32.2. The van der Waals surface area contributed by atoms with Crippen molar-refractivity contribution in [2.24, 2.45) is 0 Å². The second kappa shape index (κ2) is 8.07. The van der Waals surface area contributed by atoms with Crippen molar-refractivity contribution in [2.45, 2.75) is 24.9 Å². The van der Waals surface area contributed by atoms with Crippen LogP contribution in [0.5, 0.6) is 5.75 Å². The van der Waals surface area contributed by atoms with Crippen LogP contribution in [0.4, 0.5) is 5.82 Å². The van der Waals surface area contributed by atoms with Crippen LogP contribution in [0.1, 0.15) is 23.0 Å². The van der Waals surface area contributed by atoms with Crippen molar-refractivity contribution >= 4 is 33.1 Å². The van der Waals surface area contributed by atoms with Gasteiger partial charge in [-0.3, -0.25) is 9.36 Å². The fourth-order valence-corrected chi connectivity index (χ4v) is 4.03. The van der Waals surface area contributed by atoms with E-state index in [1.54, 1.807) is 9.29 Å². The van der Waals surface area contributed by atoms with E-state index in [0.29, 0.717) is 11.2 Å². The van der Waals surface area contributed by atoms with Crippen LogP contribution < -0.4 is 15.2 Å². The average Bonchev–Trinajstić information content (AvgIpc) is 3.30. The number of hydrogen-bond donors (Lipinski definition) is 5. The van der Waals surface area contributed by atoms with Gasteiger partial charge in [0.1, 0.15) is 23.8 Å². The van der Waals surface area contributed by atoms with Gasteiger partial charge in [-0.1, -0.05) is 12.1 Å². The molecule has 3 aromatic rings. The summed E-state index contributed by atoms with van der Waals surface area (Å²) >= 11 is 0. The van der Waals surface area contributed by atoms with Crippen LogP contribution in [0.25, 0.3) is 11.2 Å². The average molecular weight is 449 g/mol. The number of aliphatic hydroxyl groups is 1. The normalized spacial score (nSPS) is 21.4. The Kier molecular flexibility index (Phi) is 5.45. The number of nitrogens with one attached hydrogen (secondary N) is 2. The minimum absolute atomic E-state index is 0.159. The van der Waals surface area contributed by atoms with Crippen molar-refractivity contribution in [1.82, 2.24) is 29.0 Å². The second-order valence-corrected chi connectivity index (χ2v) is 8.32. The summed E-state index contributed by atoms with van der Waals surface area (Å²) in [5, 5.41) is 20.0. The Hall–Kier alpha value is -3.33. The highest BCUT2D eigenvalue weighted by Crippen LogP contribution is 2.31. The number of para-hydroxylation sites is 1. The van der Waals surface area contributed by atoms with Gasteiger partial charge in [0.2, 0.25) is 0 Å². The molecular weight excluding hydrogens is 430 g/mol. The SMILES string of the molecule is Nc1ncnc2c1ncn2[C@H]1C[C@H](O)[C@@H](CNS(=O)(=O)NC(=O)c2ccccc2O)O1. The zero-order valence-electron chi connectivity index (χ0n) is 15.9. The summed E-state index contributed by atoms with van der Waals surface area (Å²) in [4.78, 5) is 24.2. The third-order valence-electron chi connectivity index (χ3n) is 4.75. The number of phenols is 1. The number of carbonyl (C=O) groups is 1. The number of nitrogens with two attached hydrogens (primary N) is 1. The number of phenolic OH excluding ortho intramolecular Hbond substituents is 1. The van der Waals surface area contributed by atoms with Crippen LogP contribution >= 0.6 is 0 Å². The number of hydrogen-bond acceptors (Lipinski definition) is 10. The molecule has 0 radical (unpaired) electrons. The fourth-order valence-electron chi connectivity index (χ4n) is 3.22. The highest BCUT2D eigenvalue weighted by Gasteiger charge is 2.36. The molecule has 1 fully saturated rings. The zero-order chi connectivity index (χ0) is 22.2. The van der Waals surface area contributed by atoms with Crippen molar-refractivity contribution in [2.75, 3.05) is 12.3 Å². The van der Waals surface area contributed by atoms with Crippen molar-refractivity contribution in [3.05, 3.63) is 42.5 Å². The Morgan fingerprint density at radius 1 is 1.29 bits per heavy atom. The van der Waals surface area contributed by atoms with Gasteiger partial charge in [-0.05, 0) is 12.1 Å². The summed E-state index contributed by atoms with van der Waals surface area (Å²) in [7, 11) is -4.28. The third-order valence-corrected chi connectivity index (χ3v) is 5.75. The van der Waals surface area contributed by atoms with E-state index in [9.17, 15) is 23.4 Å². The minimum atomic E-state index is -4.28. The third kappa shape index (κ3) is 4.27. The molecule has 6 N–H and O–H groups in total. The van der Waals surface area contributed by atoms with Gasteiger partial charge in [-0.15, -0.1) is 0 Å². The number of aromatic nitrogens is 4. The van der Waals surface area contributed by atoms with E-state index in [-0.39, 0.29) is 30.1 Å². The number of nitrogen functional groups attached to an aromatic ring is 1. The number of rotatable bonds is 6. The van der Waals surface area contributed by atoms with Crippen LogP contribution in [0.2, 0.25) is 0 Å². The van der Waals surface area contributed by atoms with Gasteiger partial charge < -0.3 is 20.7 Å². The fraction of sp³-hybridized carbons (Fsp3) is 0.294. The molecule has 1 amide bonds. The molecule has 164 valence electrons. The van der Waals surface area contributed by atoms with Gasteiger partial charge in [0, 0.05) is 13.0 Å². The summed E-state index contributed by atoms with van der Waals surface area (Å²) in [6, 6.07) is 5.52. The summed E-state index contributed by atoms with van der Waals surface area (Å²) in [6.07, 6.45) is 0.356. The predicted octanol–water partition coefficient (Wildman–Crippen LogP) is -0.973. The Balaban J connectivity index is 1.40. The molecule has 1 aromatic carbocycles. The lowest BCUT2D eigenvalue weighted by atomic mass is 10.2. The Labute approximate surface area is 176 Å². The minimum Gasteiger partial charge on any atom is -0.507 e. The molecule has 3 heterocycles. The lowest BCUT2D eigenvalue weighted by Crippen LogP contribution is -2.44. The first-order valence-corrected chi connectivity index (χ1v) is 10.6. The van der Waals surface area contributed by atoms with Gasteiger partial charge in [0.25, 0.3) is 5.91 Å². The first kappa shape index (κ1) is 20.9. The molecule has 0 bridgehead atoms. The smallest absolute Gasteiger partial charge is 0.301 e. The molecule has 1 aliphatic heterocycles. The van der Waals surface area contributed by atoms with Crippen LogP contribution in [0.3, 0.4) is 0 Å². The van der Waals surface area contributed by atoms with Crippen LogP contribution in [-0.2, 0) is 14.9 Å². The predicted molar refractivity (Wildman–Crippen MR) is 107 cm³/mol. The zero-order valence-corrected chi connectivity index (χ0v) is 16.7. The lowest BCUT2D eigenvalue weighted by molar-refractivity contribution is -0.0133. The van der Waals surface area contributed by atoms with Gasteiger partial charge >= 0.3 is 10.2 Å². The van der Waals surface area contributed by atoms with Crippen molar-refractivity contribution < 1.29 is 28.2 Å². The molecule has 0 saturated carbocycles. The summed E-state index contributed by atoms with van der Waals surface area (Å²) in [6.45, 7) is -0.301. The summed E-state index contributed by atoms with van der Waals surface area (Å²) in [5.74, 6) is -1.16. The Bertz CT molecular complexity index is 1230. The van der Waals surface area contributed by atoms with E-state index in [0.717, 1.165) is 0 Å². The Morgan fingerprint density at radius 3 is 2.84 bits per heavy atom. The number of aromatic hydroxyl groups is 1. The van der Waals surface area contributed by atoms with Crippen molar-refractivity contribution in [3.63, 3.8) is 0 Å². The number of fused-ring (bicyclic) bond motifs is 1. The number of benzene rings is 1. The molecule has 0 spiro atoms. The van der Waals surface area contributed by atoms with Gasteiger partial charge in [-0.2, -0.15) is 13.1 Å². The molecule has 2 aromatic heterocycles. The summed E-state index contributed by atoms with van der Waals surface area (Å²) < 4.78 is 35.7. The van der Waals surface area contributed by atoms with Gasteiger partial charge in [-0.25, -0.2) is 19.7 Å². The number of amides is 1. The number of nitrogens with zero attached hydrogens (tertiary/aromatic N) is 4. The molecule has 0 unspecified atom stereocenters. The molecule has 3 atom stereocenters. The number of imidazole rings is 1. The largest absolute Gasteiger partial charge is 0.507 e. The van der Waals surface area contributed by atoms with Gasteiger partial charge in [0.05, 0.1) is 24.1 Å². The monoisotopic (exact) mass is 449 g/mol. The topological polar surface area (TPSA) is 195 Å². The maximum Gasteiger partial charge on any atom is 0.301 e. The molecular formula is C17H19N7O6S. The molecule has 1 aliphatic rings. The lowest BCUT2D eigenvalue weighted by Gasteiger charge is -2.16. The number of ether oxygens (including phenoxy) is 1. The number of carbonyl (C=O) groups excluding carboxylic acids is 1. The van der Waals surface area contributed by atoms with Crippen LogP contribution in [0.15, 0.2) is 36.9 Å². The highest BCUT2D eigenvalue weighted by molar-refractivity contribution is 7.88. The molecule has 0 aliphatic carbocycles. The van der Waals surface area contributed by atoms with E-state index in [1.807, 2.05) is 0 Å². The molecule has 31 heavy (non-hydrogen) atoms.